The van der Waals surface area contributed by atoms with Crippen molar-refractivity contribution in [2.45, 2.75) is 57.9 Å². The van der Waals surface area contributed by atoms with Gasteiger partial charge >= 0.3 is 5.97 Å². The van der Waals surface area contributed by atoms with Crippen molar-refractivity contribution < 1.29 is 14.7 Å². The van der Waals surface area contributed by atoms with Crippen molar-refractivity contribution in [2.24, 2.45) is 5.92 Å². The van der Waals surface area contributed by atoms with Gasteiger partial charge in [-0.1, -0.05) is 25.7 Å². The zero-order valence-electron chi connectivity index (χ0n) is 9.87. The molecule has 0 saturated heterocycles. The second-order valence-corrected chi connectivity index (χ2v) is 4.70. The van der Waals surface area contributed by atoms with Gasteiger partial charge in [0.05, 0.1) is 6.42 Å². The van der Waals surface area contributed by atoms with Crippen LogP contribution in [0.4, 0.5) is 0 Å². The number of carbonyl (C=O) groups is 2. The maximum atomic E-state index is 11.8. The number of amides is 1. The maximum Gasteiger partial charge on any atom is 0.305 e. The fourth-order valence-corrected chi connectivity index (χ4v) is 2.22. The number of carboxylic acid groups (broad SMARTS) is 1. The Morgan fingerprint density at radius 3 is 2.31 bits per heavy atom. The fourth-order valence-electron chi connectivity index (χ4n) is 2.22. The van der Waals surface area contributed by atoms with E-state index in [-0.39, 0.29) is 24.3 Å². The number of carboxylic acids is 1. The van der Waals surface area contributed by atoms with E-state index in [4.69, 9.17) is 5.11 Å². The molecular formula is C12H21NO3. The predicted molar refractivity (Wildman–Crippen MR) is 61.0 cm³/mol. The van der Waals surface area contributed by atoms with Crippen molar-refractivity contribution >= 4 is 11.9 Å². The summed E-state index contributed by atoms with van der Waals surface area (Å²) < 4.78 is 0. The standard InChI is InChI=1S/C12H21NO3/c1-9(8-11(14)15)13-12(16)10-6-4-2-3-5-7-10/h9-10H,2-8H2,1H3,(H,13,16)(H,14,15)/t9-/m0/s1. The third-order valence-corrected chi connectivity index (χ3v) is 3.10. The topological polar surface area (TPSA) is 66.4 Å². The third kappa shape index (κ3) is 4.64. The SMILES string of the molecule is C[C@@H](CC(=O)O)NC(=O)C1CCCCCC1. The van der Waals surface area contributed by atoms with Gasteiger partial charge in [-0.15, -0.1) is 0 Å². The van der Waals surface area contributed by atoms with Gasteiger partial charge in [-0.05, 0) is 19.8 Å². The Bertz CT molecular complexity index is 245. The van der Waals surface area contributed by atoms with E-state index in [1.54, 1.807) is 6.92 Å². The Hall–Kier alpha value is -1.06. The molecule has 1 rings (SSSR count). The molecule has 0 aromatic rings. The molecule has 1 saturated carbocycles. The highest BCUT2D eigenvalue weighted by Gasteiger charge is 2.21. The van der Waals surface area contributed by atoms with E-state index in [9.17, 15) is 9.59 Å². The largest absolute Gasteiger partial charge is 0.481 e. The zero-order valence-corrected chi connectivity index (χ0v) is 9.87. The van der Waals surface area contributed by atoms with Crippen LogP contribution in [0.3, 0.4) is 0 Å². The Morgan fingerprint density at radius 1 is 1.25 bits per heavy atom. The molecule has 0 aromatic carbocycles. The summed E-state index contributed by atoms with van der Waals surface area (Å²) in [7, 11) is 0. The Kier molecular flexibility index (Phi) is 5.29. The van der Waals surface area contributed by atoms with Crippen molar-refractivity contribution in [3.05, 3.63) is 0 Å². The fraction of sp³-hybridized carbons (Fsp3) is 0.833. The summed E-state index contributed by atoms with van der Waals surface area (Å²) >= 11 is 0. The number of carbonyl (C=O) groups excluding carboxylic acids is 1. The van der Waals surface area contributed by atoms with E-state index in [0.29, 0.717) is 0 Å². The summed E-state index contributed by atoms with van der Waals surface area (Å²) in [6.45, 7) is 1.74. The average Bonchev–Trinajstić information content (AvgIpc) is 2.43. The van der Waals surface area contributed by atoms with Gasteiger partial charge in [0.25, 0.3) is 0 Å². The summed E-state index contributed by atoms with van der Waals surface area (Å²) in [4.78, 5) is 22.3. The molecule has 0 radical (unpaired) electrons. The van der Waals surface area contributed by atoms with Crippen LogP contribution in [0.15, 0.2) is 0 Å². The van der Waals surface area contributed by atoms with Crippen LogP contribution < -0.4 is 5.32 Å². The molecule has 1 fully saturated rings. The lowest BCUT2D eigenvalue weighted by atomic mass is 9.99. The Labute approximate surface area is 96.4 Å². The van der Waals surface area contributed by atoms with E-state index < -0.39 is 5.97 Å². The van der Waals surface area contributed by atoms with Crippen LogP contribution in [-0.4, -0.2) is 23.0 Å². The molecule has 2 N–H and O–H groups in total. The first kappa shape index (κ1) is 13.0. The van der Waals surface area contributed by atoms with Gasteiger partial charge in [-0.25, -0.2) is 0 Å². The van der Waals surface area contributed by atoms with Crippen LogP contribution in [0.25, 0.3) is 0 Å². The molecule has 1 aliphatic carbocycles. The van der Waals surface area contributed by atoms with Gasteiger partial charge in [0.1, 0.15) is 0 Å². The Morgan fingerprint density at radius 2 is 1.81 bits per heavy atom. The van der Waals surface area contributed by atoms with Crippen molar-refractivity contribution in [2.75, 3.05) is 0 Å². The average molecular weight is 227 g/mol. The van der Waals surface area contributed by atoms with Gasteiger partial charge < -0.3 is 10.4 Å². The van der Waals surface area contributed by atoms with Crippen LogP contribution in [0.2, 0.25) is 0 Å². The van der Waals surface area contributed by atoms with Gasteiger partial charge in [0, 0.05) is 12.0 Å². The maximum absolute atomic E-state index is 11.8. The summed E-state index contributed by atoms with van der Waals surface area (Å²) in [6.07, 6.45) is 6.56. The Balaban J connectivity index is 2.34. The highest BCUT2D eigenvalue weighted by atomic mass is 16.4. The van der Waals surface area contributed by atoms with Crippen LogP contribution >= 0.6 is 0 Å². The number of nitrogens with one attached hydrogen (secondary N) is 1. The van der Waals surface area contributed by atoms with E-state index in [1.165, 1.54) is 12.8 Å². The highest BCUT2D eigenvalue weighted by Crippen LogP contribution is 2.22. The number of rotatable bonds is 4. The van der Waals surface area contributed by atoms with E-state index in [2.05, 4.69) is 5.32 Å². The zero-order chi connectivity index (χ0) is 12.0. The molecule has 4 nitrogen and oxygen atoms in total. The lowest BCUT2D eigenvalue weighted by molar-refractivity contribution is -0.137. The summed E-state index contributed by atoms with van der Waals surface area (Å²) in [5.41, 5.74) is 0. The van der Waals surface area contributed by atoms with Crippen LogP contribution in [0, 0.1) is 5.92 Å². The molecule has 1 amide bonds. The molecule has 1 aliphatic rings. The van der Waals surface area contributed by atoms with Crippen molar-refractivity contribution in [3.8, 4) is 0 Å². The van der Waals surface area contributed by atoms with E-state index >= 15 is 0 Å². The second kappa shape index (κ2) is 6.51. The van der Waals surface area contributed by atoms with Crippen molar-refractivity contribution in [3.63, 3.8) is 0 Å². The lowest BCUT2D eigenvalue weighted by Gasteiger charge is -2.17. The second-order valence-electron chi connectivity index (χ2n) is 4.70. The molecule has 0 spiro atoms. The van der Waals surface area contributed by atoms with Gasteiger partial charge in [0.15, 0.2) is 0 Å². The molecule has 4 heteroatoms. The van der Waals surface area contributed by atoms with Crippen molar-refractivity contribution in [1.29, 1.82) is 0 Å². The van der Waals surface area contributed by atoms with Gasteiger partial charge in [-0.3, -0.25) is 9.59 Å². The molecule has 0 aromatic heterocycles. The molecule has 0 bridgehead atoms. The number of aliphatic carboxylic acids is 1. The smallest absolute Gasteiger partial charge is 0.305 e. The van der Waals surface area contributed by atoms with Crippen LogP contribution in [-0.2, 0) is 9.59 Å². The normalized spacial score (nSPS) is 19.8. The van der Waals surface area contributed by atoms with E-state index in [1.807, 2.05) is 0 Å². The minimum absolute atomic E-state index is 0.00153. The summed E-state index contributed by atoms with van der Waals surface area (Å²) in [5.74, 6) is -0.733. The quantitative estimate of drug-likeness (QED) is 0.721. The summed E-state index contributed by atoms with van der Waals surface area (Å²) in [5, 5.41) is 11.4. The van der Waals surface area contributed by atoms with Crippen molar-refractivity contribution in [1.82, 2.24) is 5.32 Å². The molecule has 92 valence electrons. The summed E-state index contributed by atoms with van der Waals surface area (Å²) in [6, 6.07) is -0.270. The molecule has 16 heavy (non-hydrogen) atoms. The van der Waals surface area contributed by atoms with Crippen LogP contribution in [0.1, 0.15) is 51.9 Å². The third-order valence-electron chi connectivity index (χ3n) is 3.10. The first-order chi connectivity index (χ1) is 7.59. The first-order valence-corrected chi connectivity index (χ1v) is 6.11. The number of hydrogen-bond donors (Lipinski definition) is 2. The molecule has 0 unspecified atom stereocenters. The highest BCUT2D eigenvalue weighted by molar-refractivity contribution is 5.79. The first-order valence-electron chi connectivity index (χ1n) is 6.11. The minimum atomic E-state index is -0.867. The van der Waals surface area contributed by atoms with Gasteiger partial charge in [0.2, 0.25) is 5.91 Å². The predicted octanol–water partition coefficient (Wildman–Crippen LogP) is 1.94. The monoisotopic (exact) mass is 227 g/mol. The molecule has 0 aliphatic heterocycles. The molecule has 0 heterocycles. The number of hydrogen-bond acceptors (Lipinski definition) is 2. The molecular weight excluding hydrogens is 206 g/mol. The minimum Gasteiger partial charge on any atom is -0.481 e. The van der Waals surface area contributed by atoms with Gasteiger partial charge in [-0.2, -0.15) is 0 Å². The molecule has 1 atom stereocenters. The van der Waals surface area contributed by atoms with E-state index in [0.717, 1.165) is 25.7 Å². The lowest BCUT2D eigenvalue weighted by Crippen LogP contribution is -2.38. The van der Waals surface area contributed by atoms with Crippen LogP contribution in [0.5, 0.6) is 0 Å².